The van der Waals surface area contributed by atoms with E-state index in [1.54, 1.807) is 6.92 Å². The van der Waals surface area contributed by atoms with Crippen LogP contribution in [-0.4, -0.2) is 53.2 Å². The maximum Gasteiger partial charge on any atom is 0.252 e. The van der Waals surface area contributed by atoms with E-state index in [9.17, 15) is 4.79 Å². The predicted molar refractivity (Wildman–Crippen MR) is 83.8 cm³/mol. The topological polar surface area (TPSA) is 80.5 Å². The first-order valence-corrected chi connectivity index (χ1v) is 7.57. The zero-order valence-corrected chi connectivity index (χ0v) is 14.0. The zero-order chi connectivity index (χ0) is 15.1. The number of piperidine rings is 1. The van der Waals surface area contributed by atoms with Crippen molar-refractivity contribution in [1.82, 2.24) is 20.4 Å². The number of aromatic nitrogens is 2. The Labute approximate surface area is 137 Å². The number of rotatable bonds is 7. The van der Waals surface area contributed by atoms with Crippen LogP contribution in [0.15, 0.2) is 4.52 Å². The van der Waals surface area contributed by atoms with Crippen LogP contribution in [0.4, 0.5) is 0 Å². The molecule has 1 N–H and O–H groups in total. The molecule has 8 heteroatoms. The van der Waals surface area contributed by atoms with E-state index < -0.39 is 0 Å². The molecule has 0 radical (unpaired) electrons. The van der Waals surface area contributed by atoms with E-state index in [1.807, 2.05) is 4.90 Å². The number of amides is 1. The molecule has 0 saturated carbocycles. The third-order valence-electron chi connectivity index (χ3n) is 3.56. The van der Waals surface area contributed by atoms with Gasteiger partial charge in [-0.05, 0) is 39.3 Å². The monoisotopic (exact) mass is 332 g/mol. The van der Waals surface area contributed by atoms with Crippen molar-refractivity contribution < 1.29 is 14.1 Å². The highest BCUT2D eigenvalue weighted by Gasteiger charge is 2.24. The number of nitrogens with one attached hydrogen (secondary N) is 1. The Morgan fingerprint density at radius 3 is 2.77 bits per heavy atom. The second kappa shape index (κ2) is 9.76. The number of hydrogen-bond donors (Lipinski definition) is 1. The van der Waals surface area contributed by atoms with Gasteiger partial charge in [-0.15, -0.1) is 12.4 Å². The van der Waals surface area contributed by atoms with Gasteiger partial charge in [-0.2, -0.15) is 4.98 Å². The number of carbonyl (C=O) groups excluding carboxylic acids is 1. The van der Waals surface area contributed by atoms with E-state index in [0.29, 0.717) is 17.8 Å². The summed E-state index contributed by atoms with van der Waals surface area (Å²) in [4.78, 5) is 18.3. The highest BCUT2D eigenvalue weighted by atomic mass is 35.5. The maximum atomic E-state index is 12.3. The van der Waals surface area contributed by atoms with Crippen molar-refractivity contribution in [3.05, 3.63) is 11.7 Å². The van der Waals surface area contributed by atoms with E-state index in [-0.39, 0.29) is 31.5 Å². The molecule has 22 heavy (non-hydrogen) atoms. The third-order valence-corrected chi connectivity index (χ3v) is 3.56. The van der Waals surface area contributed by atoms with Gasteiger partial charge in [0.2, 0.25) is 5.91 Å². The Morgan fingerprint density at radius 1 is 1.45 bits per heavy atom. The lowest BCUT2D eigenvalue weighted by Crippen LogP contribution is -2.47. The Kier molecular flexibility index (Phi) is 8.37. The van der Waals surface area contributed by atoms with Crippen LogP contribution in [0.25, 0.3) is 0 Å². The Balaban J connectivity index is 0.00000242. The first-order chi connectivity index (χ1) is 10.2. The summed E-state index contributed by atoms with van der Waals surface area (Å²) in [5.41, 5.74) is 0. The molecule has 1 aliphatic rings. The first-order valence-electron chi connectivity index (χ1n) is 7.57. The molecule has 1 aliphatic heterocycles. The van der Waals surface area contributed by atoms with Gasteiger partial charge in [0.25, 0.3) is 5.89 Å². The molecular formula is C14H25ClN4O3. The Hall–Kier alpha value is -1.18. The molecule has 1 aromatic heterocycles. The van der Waals surface area contributed by atoms with Crippen molar-refractivity contribution in [2.24, 2.45) is 0 Å². The average molecular weight is 333 g/mol. The molecule has 0 spiro atoms. The van der Waals surface area contributed by atoms with Crippen LogP contribution in [0.2, 0.25) is 0 Å². The van der Waals surface area contributed by atoms with Crippen molar-refractivity contribution in [3.8, 4) is 0 Å². The standard InChI is InChI=1S/C14H24N4O3.ClH/c1-3-8-18(12-4-6-15-7-5-12)14(19)10-20-9-13-16-11(2)17-21-13;/h12,15H,3-10H2,1-2H3;1H. The van der Waals surface area contributed by atoms with Crippen LogP contribution < -0.4 is 5.32 Å². The molecule has 2 rings (SSSR count). The number of carbonyl (C=O) groups is 1. The highest BCUT2D eigenvalue weighted by Crippen LogP contribution is 2.13. The van der Waals surface area contributed by atoms with Gasteiger partial charge in [0.15, 0.2) is 5.82 Å². The predicted octanol–water partition coefficient (Wildman–Crippen LogP) is 1.31. The summed E-state index contributed by atoms with van der Waals surface area (Å²) in [7, 11) is 0. The van der Waals surface area contributed by atoms with Gasteiger partial charge in [-0.25, -0.2) is 0 Å². The number of halogens is 1. The maximum absolute atomic E-state index is 12.3. The fourth-order valence-electron chi connectivity index (χ4n) is 2.58. The molecule has 1 aromatic rings. The second-order valence-corrected chi connectivity index (χ2v) is 5.30. The summed E-state index contributed by atoms with van der Waals surface area (Å²) < 4.78 is 10.4. The van der Waals surface area contributed by atoms with Gasteiger partial charge in [0.05, 0.1) is 0 Å². The Bertz CT molecular complexity index is 449. The number of nitrogens with zero attached hydrogens (tertiary/aromatic N) is 3. The highest BCUT2D eigenvalue weighted by molar-refractivity contribution is 5.85. The summed E-state index contributed by atoms with van der Waals surface area (Å²) in [6.45, 7) is 6.80. The molecule has 1 amide bonds. The van der Waals surface area contributed by atoms with E-state index in [4.69, 9.17) is 9.26 Å². The van der Waals surface area contributed by atoms with Crippen LogP contribution in [0.5, 0.6) is 0 Å². The van der Waals surface area contributed by atoms with Crippen molar-refractivity contribution in [3.63, 3.8) is 0 Å². The lowest BCUT2D eigenvalue weighted by molar-refractivity contribution is -0.139. The molecule has 0 bridgehead atoms. The normalized spacial score (nSPS) is 15.4. The van der Waals surface area contributed by atoms with Crippen LogP contribution >= 0.6 is 12.4 Å². The van der Waals surface area contributed by atoms with Crippen molar-refractivity contribution in [2.45, 2.75) is 45.8 Å². The smallest absolute Gasteiger partial charge is 0.252 e. The number of ether oxygens (including phenoxy) is 1. The second-order valence-electron chi connectivity index (χ2n) is 5.30. The lowest BCUT2D eigenvalue weighted by atomic mass is 10.0. The van der Waals surface area contributed by atoms with Crippen molar-refractivity contribution in [1.29, 1.82) is 0 Å². The molecule has 0 aliphatic carbocycles. The van der Waals surface area contributed by atoms with Crippen LogP contribution in [0.3, 0.4) is 0 Å². The molecule has 2 heterocycles. The fraction of sp³-hybridized carbons (Fsp3) is 0.786. The minimum atomic E-state index is 0. The van der Waals surface area contributed by atoms with Crippen LogP contribution in [-0.2, 0) is 16.1 Å². The minimum absolute atomic E-state index is 0. The minimum Gasteiger partial charge on any atom is -0.362 e. The summed E-state index contributed by atoms with van der Waals surface area (Å²) in [6, 6.07) is 0.327. The number of aryl methyl sites for hydroxylation is 1. The average Bonchev–Trinajstić information content (AvgIpc) is 2.91. The van der Waals surface area contributed by atoms with Gasteiger partial charge in [-0.1, -0.05) is 12.1 Å². The van der Waals surface area contributed by atoms with Crippen LogP contribution in [0.1, 0.15) is 37.9 Å². The molecule has 126 valence electrons. The van der Waals surface area contributed by atoms with Crippen molar-refractivity contribution in [2.75, 3.05) is 26.2 Å². The third kappa shape index (κ3) is 5.55. The Morgan fingerprint density at radius 2 is 2.18 bits per heavy atom. The quantitative estimate of drug-likeness (QED) is 0.810. The summed E-state index contributed by atoms with van der Waals surface area (Å²) >= 11 is 0. The lowest BCUT2D eigenvalue weighted by Gasteiger charge is -2.34. The molecular weight excluding hydrogens is 308 g/mol. The first kappa shape index (κ1) is 18.9. The van der Waals surface area contributed by atoms with E-state index >= 15 is 0 Å². The fourth-order valence-corrected chi connectivity index (χ4v) is 2.58. The van der Waals surface area contributed by atoms with Gasteiger partial charge < -0.3 is 19.5 Å². The van der Waals surface area contributed by atoms with E-state index in [1.165, 1.54) is 0 Å². The largest absolute Gasteiger partial charge is 0.362 e. The summed E-state index contributed by atoms with van der Waals surface area (Å²) in [5, 5.41) is 7.00. The van der Waals surface area contributed by atoms with E-state index in [2.05, 4.69) is 22.4 Å². The van der Waals surface area contributed by atoms with Gasteiger partial charge in [-0.3, -0.25) is 4.79 Å². The van der Waals surface area contributed by atoms with Crippen molar-refractivity contribution >= 4 is 18.3 Å². The molecule has 1 fully saturated rings. The van der Waals surface area contributed by atoms with Gasteiger partial charge in [0.1, 0.15) is 13.2 Å². The van der Waals surface area contributed by atoms with Crippen LogP contribution in [0, 0.1) is 6.92 Å². The number of hydrogen-bond acceptors (Lipinski definition) is 6. The molecule has 0 atom stereocenters. The van der Waals surface area contributed by atoms with Gasteiger partial charge in [0, 0.05) is 12.6 Å². The van der Waals surface area contributed by atoms with Gasteiger partial charge >= 0.3 is 0 Å². The molecule has 0 aromatic carbocycles. The molecule has 0 unspecified atom stereocenters. The summed E-state index contributed by atoms with van der Waals surface area (Å²) in [6.07, 6.45) is 2.97. The SMILES string of the molecule is CCCN(C(=O)COCc1nc(C)no1)C1CCNCC1.Cl. The van der Waals surface area contributed by atoms with E-state index in [0.717, 1.165) is 38.9 Å². The molecule has 1 saturated heterocycles. The zero-order valence-electron chi connectivity index (χ0n) is 13.2. The summed E-state index contributed by atoms with van der Waals surface area (Å²) in [5.74, 6) is 1.02. The molecule has 7 nitrogen and oxygen atoms in total.